The van der Waals surface area contributed by atoms with E-state index in [9.17, 15) is 9.90 Å². The zero-order valence-electron chi connectivity index (χ0n) is 17.8. The Hall–Kier alpha value is -2.30. The van der Waals surface area contributed by atoms with Crippen LogP contribution in [-0.4, -0.2) is 72.8 Å². The van der Waals surface area contributed by atoms with Gasteiger partial charge in [0, 0.05) is 39.4 Å². The van der Waals surface area contributed by atoms with Gasteiger partial charge in [-0.15, -0.1) is 10.2 Å². The van der Waals surface area contributed by atoms with E-state index in [0.717, 1.165) is 13.1 Å². The van der Waals surface area contributed by atoms with Gasteiger partial charge in [-0.1, -0.05) is 0 Å². The van der Waals surface area contributed by atoms with Gasteiger partial charge in [0.1, 0.15) is 6.10 Å². The lowest BCUT2D eigenvalue weighted by Crippen LogP contribution is -2.69. The maximum atomic E-state index is 12.8. The van der Waals surface area contributed by atoms with Gasteiger partial charge in [0.15, 0.2) is 0 Å². The number of nitrogens with zero attached hydrogens (tertiary/aromatic N) is 5. The molecule has 2 saturated heterocycles. The summed E-state index contributed by atoms with van der Waals surface area (Å²) in [5, 5.41) is 26.5. The number of likely N-dealkylation sites (tertiary alicyclic amines) is 1. The zero-order chi connectivity index (χ0) is 21.4. The van der Waals surface area contributed by atoms with Crippen molar-refractivity contribution >= 4 is 5.91 Å². The average molecular weight is 418 g/mol. The Morgan fingerprint density at radius 3 is 2.73 bits per heavy atom. The number of aliphatic hydroxyl groups excluding tert-OH is 1. The third-order valence-electron chi connectivity index (χ3n) is 6.36. The average Bonchev–Trinajstić information content (AvgIpc) is 3.37. The van der Waals surface area contributed by atoms with Gasteiger partial charge in [0.05, 0.1) is 29.4 Å². The maximum Gasteiger partial charge on any atom is 0.254 e. The topological polar surface area (TPSA) is 119 Å². The SMILES string of the molecule is CCn1cc(C(=O)N[C@]2(C)CCOC3(CCN(Cc4nnc(C)o4)CC3)[C@H]2O)cn1. The minimum absolute atomic E-state index is 0.225. The highest BCUT2D eigenvalue weighted by molar-refractivity contribution is 5.94. The van der Waals surface area contributed by atoms with Crippen LogP contribution in [0.25, 0.3) is 0 Å². The molecule has 2 aliphatic rings. The molecule has 30 heavy (non-hydrogen) atoms. The number of hydrogen-bond donors (Lipinski definition) is 2. The Bertz CT molecular complexity index is 887. The second-order valence-corrected chi connectivity index (χ2v) is 8.51. The van der Waals surface area contributed by atoms with Gasteiger partial charge >= 0.3 is 0 Å². The molecule has 10 nitrogen and oxygen atoms in total. The lowest BCUT2D eigenvalue weighted by Gasteiger charge is -2.53. The zero-order valence-corrected chi connectivity index (χ0v) is 17.8. The van der Waals surface area contributed by atoms with Crippen LogP contribution in [0.15, 0.2) is 16.8 Å². The summed E-state index contributed by atoms with van der Waals surface area (Å²) in [4.78, 5) is 15.0. The fraction of sp³-hybridized carbons (Fsp3) is 0.700. The van der Waals surface area contributed by atoms with Gasteiger partial charge in [-0.2, -0.15) is 5.10 Å². The van der Waals surface area contributed by atoms with E-state index in [-0.39, 0.29) is 5.91 Å². The Morgan fingerprint density at radius 1 is 1.33 bits per heavy atom. The molecule has 1 spiro atoms. The second-order valence-electron chi connectivity index (χ2n) is 8.51. The molecule has 0 radical (unpaired) electrons. The summed E-state index contributed by atoms with van der Waals surface area (Å²) in [5.74, 6) is 0.927. The third kappa shape index (κ3) is 3.99. The van der Waals surface area contributed by atoms with E-state index in [1.54, 1.807) is 24.0 Å². The molecular weight excluding hydrogens is 388 g/mol. The van der Waals surface area contributed by atoms with Crippen LogP contribution in [0.2, 0.25) is 0 Å². The fourth-order valence-corrected chi connectivity index (χ4v) is 4.48. The van der Waals surface area contributed by atoms with Crippen molar-refractivity contribution in [2.24, 2.45) is 0 Å². The number of carbonyl (C=O) groups excluding carboxylic acids is 1. The minimum atomic E-state index is -0.809. The number of hydrogen-bond acceptors (Lipinski definition) is 8. The van der Waals surface area contributed by atoms with E-state index in [2.05, 4.69) is 25.5 Å². The lowest BCUT2D eigenvalue weighted by atomic mass is 9.73. The third-order valence-corrected chi connectivity index (χ3v) is 6.36. The molecule has 2 aliphatic heterocycles. The Morgan fingerprint density at radius 2 is 2.10 bits per heavy atom. The molecule has 164 valence electrons. The molecule has 2 aromatic rings. The predicted molar refractivity (Wildman–Crippen MR) is 107 cm³/mol. The van der Waals surface area contributed by atoms with Crippen LogP contribution in [0.1, 0.15) is 55.2 Å². The number of rotatable bonds is 5. The van der Waals surface area contributed by atoms with E-state index in [1.807, 2.05) is 13.8 Å². The number of nitrogens with one attached hydrogen (secondary N) is 1. The fourth-order valence-electron chi connectivity index (χ4n) is 4.48. The molecule has 1 amide bonds. The van der Waals surface area contributed by atoms with Crippen LogP contribution in [0, 0.1) is 6.92 Å². The molecule has 10 heteroatoms. The summed E-state index contributed by atoms with van der Waals surface area (Å²) < 4.78 is 13.3. The summed E-state index contributed by atoms with van der Waals surface area (Å²) in [5.41, 5.74) is -0.944. The Labute approximate surface area is 175 Å². The van der Waals surface area contributed by atoms with Crippen molar-refractivity contribution in [3.63, 3.8) is 0 Å². The van der Waals surface area contributed by atoms with Crippen molar-refractivity contribution in [1.82, 2.24) is 30.2 Å². The van der Waals surface area contributed by atoms with E-state index in [0.29, 0.717) is 56.3 Å². The number of aryl methyl sites for hydroxylation is 2. The highest BCUT2D eigenvalue weighted by Crippen LogP contribution is 2.40. The quantitative estimate of drug-likeness (QED) is 0.735. The van der Waals surface area contributed by atoms with Gasteiger partial charge in [0.25, 0.3) is 5.91 Å². The number of aliphatic hydroxyl groups is 1. The van der Waals surface area contributed by atoms with Crippen molar-refractivity contribution in [1.29, 1.82) is 0 Å². The molecule has 0 saturated carbocycles. The van der Waals surface area contributed by atoms with Gasteiger partial charge in [-0.25, -0.2) is 0 Å². The molecule has 4 heterocycles. The molecular formula is C20H30N6O4. The summed E-state index contributed by atoms with van der Waals surface area (Å²) in [7, 11) is 0. The van der Waals surface area contributed by atoms with Gasteiger partial charge in [-0.05, 0) is 33.1 Å². The van der Waals surface area contributed by atoms with Crippen LogP contribution in [0.5, 0.6) is 0 Å². The Kier molecular flexibility index (Phi) is 5.65. The lowest BCUT2D eigenvalue weighted by molar-refractivity contribution is -0.206. The molecule has 0 aromatic carbocycles. The molecule has 0 aliphatic carbocycles. The van der Waals surface area contributed by atoms with Gasteiger partial charge in [-0.3, -0.25) is 14.4 Å². The van der Waals surface area contributed by atoms with Crippen LogP contribution >= 0.6 is 0 Å². The molecule has 0 unspecified atom stereocenters. The van der Waals surface area contributed by atoms with E-state index in [1.165, 1.54) is 0 Å². The Balaban J connectivity index is 1.41. The number of ether oxygens (including phenoxy) is 1. The summed E-state index contributed by atoms with van der Waals surface area (Å²) >= 11 is 0. The molecule has 0 bridgehead atoms. The van der Waals surface area contributed by atoms with Crippen molar-refractivity contribution in [2.75, 3.05) is 19.7 Å². The highest BCUT2D eigenvalue weighted by Gasteiger charge is 2.53. The highest BCUT2D eigenvalue weighted by atomic mass is 16.5. The number of carbonyl (C=O) groups is 1. The minimum Gasteiger partial charge on any atom is -0.424 e. The number of aromatic nitrogens is 4. The summed E-state index contributed by atoms with van der Waals surface area (Å²) in [6.45, 7) is 8.90. The van der Waals surface area contributed by atoms with Crippen molar-refractivity contribution < 1.29 is 19.1 Å². The maximum absolute atomic E-state index is 12.8. The van der Waals surface area contributed by atoms with E-state index < -0.39 is 17.2 Å². The predicted octanol–water partition coefficient (Wildman–Crippen LogP) is 0.899. The van der Waals surface area contributed by atoms with Crippen molar-refractivity contribution in [3.8, 4) is 0 Å². The molecule has 2 aromatic heterocycles. The summed E-state index contributed by atoms with van der Waals surface area (Å²) in [6.07, 6.45) is 4.35. The van der Waals surface area contributed by atoms with E-state index >= 15 is 0 Å². The first-order valence-electron chi connectivity index (χ1n) is 10.5. The smallest absolute Gasteiger partial charge is 0.254 e. The number of amides is 1. The summed E-state index contributed by atoms with van der Waals surface area (Å²) in [6, 6.07) is 0. The first kappa shape index (κ1) is 21.0. The van der Waals surface area contributed by atoms with Crippen LogP contribution in [-0.2, 0) is 17.8 Å². The first-order valence-corrected chi connectivity index (χ1v) is 10.5. The molecule has 4 rings (SSSR count). The largest absolute Gasteiger partial charge is 0.424 e. The van der Waals surface area contributed by atoms with Crippen LogP contribution in [0.3, 0.4) is 0 Å². The molecule has 2 atom stereocenters. The first-order chi connectivity index (χ1) is 14.3. The standard InChI is InChI=1S/C20H30N6O4/c1-4-26-12-15(11-21-26)17(27)22-19(3)7-10-29-20(18(19)28)5-8-25(9-6-20)13-16-24-23-14(2)30-16/h11-12,18,28H,4-10,13H2,1-3H3,(H,22,27)/t18-,19+/m0/s1. The van der Waals surface area contributed by atoms with Crippen LogP contribution < -0.4 is 5.32 Å². The second kappa shape index (κ2) is 8.09. The van der Waals surface area contributed by atoms with Crippen LogP contribution in [0.4, 0.5) is 0 Å². The normalized spacial score (nSPS) is 26.7. The molecule has 2 fully saturated rings. The van der Waals surface area contributed by atoms with Crippen molar-refractivity contribution in [3.05, 3.63) is 29.7 Å². The monoisotopic (exact) mass is 418 g/mol. The van der Waals surface area contributed by atoms with E-state index in [4.69, 9.17) is 9.15 Å². The number of piperidine rings is 1. The van der Waals surface area contributed by atoms with Gasteiger partial charge in [0.2, 0.25) is 11.8 Å². The van der Waals surface area contributed by atoms with Gasteiger partial charge < -0.3 is 19.6 Å². The molecule has 2 N–H and O–H groups in total. The van der Waals surface area contributed by atoms with Crippen molar-refractivity contribution in [2.45, 2.75) is 70.4 Å².